The van der Waals surface area contributed by atoms with Crippen LogP contribution >= 0.6 is 0 Å². The van der Waals surface area contributed by atoms with E-state index in [1.54, 1.807) is 0 Å². The lowest BCUT2D eigenvalue weighted by Gasteiger charge is -2.40. The summed E-state index contributed by atoms with van der Waals surface area (Å²) >= 11 is 0. The third-order valence-electron chi connectivity index (χ3n) is 5.98. The van der Waals surface area contributed by atoms with Crippen LogP contribution < -0.4 is 5.73 Å². The van der Waals surface area contributed by atoms with Gasteiger partial charge in [0.05, 0.1) is 5.54 Å². The molecular formula is C16H25N3O. The zero-order chi connectivity index (χ0) is 13.6. The van der Waals surface area contributed by atoms with Gasteiger partial charge < -0.3 is 10.3 Å². The van der Waals surface area contributed by atoms with E-state index in [0.29, 0.717) is 5.92 Å². The third kappa shape index (κ3) is 2.00. The fourth-order valence-corrected chi connectivity index (χ4v) is 4.19. The van der Waals surface area contributed by atoms with Crippen LogP contribution in [0.1, 0.15) is 81.8 Å². The van der Waals surface area contributed by atoms with Crippen LogP contribution in [0.2, 0.25) is 0 Å². The summed E-state index contributed by atoms with van der Waals surface area (Å²) in [6, 6.07) is 0. The topological polar surface area (TPSA) is 64.9 Å². The summed E-state index contributed by atoms with van der Waals surface area (Å²) < 4.78 is 5.68. The molecule has 0 saturated heterocycles. The fraction of sp³-hybridized carbons (Fsp3) is 0.875. The Labute approximate surface area is 120 Å². The Morgan fingerprint density at radius 1 is 1.00 bits per heavy atom. The number of aromatic nitrogens is 2. The van der Waals surface area contributed by atoms with E-state index in [4.69, 9.17) is 15.2 Å². The average Bonchev–Trinajstić information content (AvgIpc) is 2.92. The van der Waals surface area contributed by atoms with E-state index in [9.17, 15) is 0 Å². The molecule has 1 aromatic heterocycles. The zero-order valence-corrected chi connectivity index (χ0v) is 12.2. The molecule has 0 amide bonds. The largest absolute Gasteiger partial charge is 0.339 e. The molecule has 0 unspecified atom stereocenters. The maximum absolute atomic E-state index is 6.45. The first kappa shape index (κ1) is 12.8. The molecule has 0 spiro atoms. The van der Waals surface area contributed by atoms with Gasteiger partial charge in [-0.05, 0) is 50.4 Å². The van der Waals surface area contributed by atoms with E-state index in [0.717, 1.165) is 36.4 Å². The van der Waals surface area contributed by atoms with Gasteiger partial charge in [0.25, 0.3) is 0 Å². The summed E-state index contributed by atoms with van der Waals surface area (Å²) in [7, 11) is 0. The molecule has 2 N–H and O–H groups in total. The summed E-state index contributed by atoms with van der Waals surface area (Å²) in [5.41, 5.74) is 6.14. The van der Waals surface area contributed by atoms with Crippen LogP contribution in [-0.2, 0) is 5.54 Å². The lowest BCUT2D eigenvalue weighted by molar-refractivity contribution is 0.122. The monoisotopic (exact) mass is 275 g/mol. The first-order valence-electron chi connectivity index (χ1n) is 8.39. The Morgan fingerprint density at radius 2 is 1.60 bits per heavy atom. The van der Waals surface area contributed by atoms with Gasteiger partial charge in [-0.1, -0.05) is 30.8 Å². The fourth-order valence-electron chi connectivity index (χ4n) is 4.19. The predicted molar refractivity (Wildman–Crippen MR) is 76.1 cm³/mol. The van der Waals surface area contributed by atoms with Crippen molar-refractivity contribution in [1.29, 1.82) is 0 Å². The minimum Gasteiger partial charge on any atom is -0.339 e. The van der Waals surface area contributed by atoms with Gasteiger partial charge >= 0.3 is 0 Å². The minimum atomic E-state index is -0.314. The van der Waals surface area contributed by atoms with Gasteiger partial charge in [-0.15, -0.1) is 0 Å². The van der Waals surface area contributed by atoms with Crippen molar-refractivity contribution in [3.05, 3.63) is 11.7 Å². The summed E-state index contributed by atoms with van der Waals surface area (Å²) in [6.07, 6.45) is 12.5. The highest BCUT2D eigenvalue weighted by Gasteiger charge is 2.42. The van der Waals surface area contributed by atoms with Gasteiger partial charge in [0.1, 0.15) is 0 Å². The molecule has 0 bridgehead atoms. The first-order valence-corrected chi connectivity index (χ1v) is 8.39. The molecule has 20 heavy (non-hydrogen) atoms. The van der Waals surface area contributed by atoms with E-state index in [1.807, 2.05) is 0 Å². The molecule has 3 aliphatic rings. The molecule has 0 aromatic carbocycles. The second kappa shape index (κ2) is 4.83. The zero-order valence-electron chi connectivity index (χ0n) is 12.2. The van der Waals surface area contributed by atoms with E-state index in [2.05, 4.69) is 5.16 Å². The van der Waals surface area contributed by atoms with Crippen LogP contribution in [0.25, 0.3) is 0 Å². The first-order chi connectivity index (χ1) is 9.76. The van der Waals surface area contributed by atoms with Gasteiger partial charge in [-0.25, -0.2) is 0 Å². The van der Waals surface area contributed by atoms with Gasteiger partial charge in [0.2, 0.25) is 5.89 Å². The number of hydrogen-bond donors (Lipinski definition) is 1. The number of rotatable bonds is 4. The molecule has 1 heterocycles. The van der Waals surface area contributed by atoms with Crippen molar-refractivity contribution < 1.29 is 4.52 Å². The van der Waals surface area contributed by atoms with Crippen molar-refractivity contribution in [2.45, 2.75) is 75.7 Å². The highest BCUT2D eigenvalue weighted by Crippen LogP contribution is 2.49. The molecule has 3 fully saturated rings. The Kier molecular flexibility index (Phi) is 3.09. The highest BCUT2D eigenvalue weighted by molar-refractivity contribution is 5.10. The van der Waals surface area contributed by atoms with Crippen LogP contribution in [0.3, 0.4) is 0 Å². The molecule has 4 rings (SSSR count). The van der Waals surface area contributed by atoms with Crippen LogP contribution in [0, 0.1) is 11.8 Å². The smallest absolute Gasteiger partial charge is 0.230 e. The number of nitrogens with two attached hydrogens (primary N) is 1. The van der Waals surface area contributed by atoms with Crippen LogP contribution in [0.15, 0.2) is 4.52 Å². The van der Waals surface area contributed by atoms with Gasteiger partial charge in [0, 0.05) is 5.92 Å². The van der Waals surface area contributed by atoms with Crippen LogP contribution in [0.5, 0.6) is 0 Å². The van der Waals surface area contributed by atoms with E-state index in [-0.39, 0.29) is 5.54 Å². The lowest BCUT2D eigenvalue weighted by Crippen LogP contribution is -2.35. The molecule has 3 aliphatic carbocycles. The van der Waals surface area contributed by atoms with Crippen molar-refractivity contribution in [3.63, 3.8) is 0 Å². The quantitative estimate of drug-likeness (QED) is 0.913. The molecule has 0 radical (unpaired) electrons. The maximum Gasteiger partial charge on any atom is 0.230 e. The molecule has 3 saturated carbocycles. The molecule has 4 nitrogen and oxygen atoms in total. The van der Waals surface area contributed by atoms with Crippen LogP contribution in [0.4, 0.5) is 0 Å². The second-order valence-electron chi connectivity index (χ2n) is 7.23. The third-order valence-corrected chi connectivity index (χ3v) is 5.98. The van der Waals surface area contributed by atoms with Crippen molar-refractivity contribution in [3.8, 4) is 0 Å². The predicted octanol–water partition coefficient (Wildman–Crippen LogP) is 3.48. The minimum absolute atomic E-state index is 0.314. The van der Waals surface area contributed by atoms with Crippen molar-refractivity contribution in [2.24, 2.45) is 17.6 Å². The normalized spacial score (nSPS) is 26.7. The van der Waals surface area contributed by atoms with Gasteiger partial charge in [-0.2, -0.15) is 4.98 Å². The van der Waals surface area contributed by atoms with Crippen molar-refractivity contribution >= 4 is 0 Å². The average molecular weight is 275 g/mol. The number of nitrogens with zero attached hydrogens (tertiary/aromatic N) is 2. The Balaban J connectivity index is 1.58. The molecule has 0 atom stereocenters. The van der Waals surface area contributed by atoms with E-state index < -0.39 is 0 Å². The number of hydrogen-bond acceptors (Lipinski definition) is 4. The van der Waals surface area contributed by atoms with Crippen molar-refractivity contribution in [1.82, 2.24) is 10.1 Å². The lowest BCUT2D eigenvalue weighted by atomic mass is 9.64. The van der Waals surface area contributed by atoms with Gasteiger partial charge in [-0.3, -0.25) is 0 Å². The van der Waals surface area contributed by atoms with Crippen LogP contribution in [-0.4, -0.2) is 10.1 Å². The summed E-state index contributed by atoms with van der Waals surface area (Å²) in [6.45, 7) is 0. The molecule has 1 aromatic rings. The Bertz CT molecular complexity index is 456. The summed E-state index contributed by atoms with van der Waals surface area (Å²) in [5, 5.41) is 4.26. The Morgan fingerprint density at radius 3 is 2.10 bits per heavy atom. The van der Waals surface area contributed by atoms with Gasteiger partial charge in [0.15, 0.2) is 5.82 Å². The Hall–Kier alpha value is -0.900. The second-order valence-corrected chi connectivity index (χ2v) is 7.23. The SMILES string of the molecule is NC1(c2noc(C(C3CCC3)C3CCC3)n2)CCCC1. The molecule has 4 heteroatoms. The van der Waals surface area contributed by atoms with Crippen molar-refractivity contribution in [2.75, 3.05) is 0 Å². The summed E-state index contributed by atoms with van der Waals surface area (Å²) in [4.78, 5) is 4.77. The van der Waals surface area contributed by atoms with E-state index >= 15 is 0 Å². The molecular weight excluding hydrogens is 250 g/mol. The maximum atomic E-state index is 6.45. The molecule has 0 aliphatic heterocycles. The van der Waals surface area contributed by atoms with E-state index in [1.165, 1.54) is 51.4 Å². The molecule has 110 valence electrons. The highest BCUT2D eigenvalue weighted by atomic mass is 16.5. The standard InChI is InChI=1S/C16H25N3O/c17-16(9-1-2-10-16)15-18-14(20-19-15)13(11-5-3-6-11)12-7-4-8-12/h11-13H,1-10,17H2. The summed E-state index contributed by atoms with van der Waals surface area (Å²) in [5.74, 6) is 3.75.